The van der Waals surface area contributed by atoms with Crippen LogP contribution in [0.2, 0.25) is 5.02 Å². The lowest BCUT2D eigenvalue weighted by Gasteiger charge is -2.34. The smallest absolute Gasteiger partial charge is 0.321 e. The molecule has 2 N–H and O–H groups in total. The zero-order valence-corrected chi connectivity index (χ0v) is 17.6. The fourth-order valence-electron chi connectivity index (χ4n) is 3.44. The number of carbonyl (C=O) groups excluding carboxylic acids is 2. The molecule has 3 aromatic rings. The minimum absolute atomic E-state index is 0.164. The Balaban J connectivity index is 1.28. The first-order chi connectivity index (χ1) is 15.1. The molecule has 3 amide bonds. The molecule has 1 fully saturated rings. The van der Waals surface area contributed by atoms with Crippen molar-refractivity contribution in [2.45, 2.75) is 6.54 Å². The fraction of sp³-hybridized carbons (Fsp3) is 0.217. The average Bonchev–Trinajstić information content (AvgIpc) is 3.32. The van der Waals surface area contributed by atoms with Crippen molar-refractivity contribution in [1.82, 2.24) is 9.80 Å². The summed E-state index contributed by atoms with van der Waals surface area (Å²) in [6.07, 6.45) is 1.43. The van der Waals surface area contributed by atoms with Crippen LogP contribution in [-0.4, -0.2) is 47.9 Å². The predicted octanol–water partition coefficient (Wildman–Crippen LogP) is 4.54. The monoisotopic (exact) mass is 438 g/mol. The molecular weight excluding hydrogens is 416 g/mol. The van der Waals surface area contributed by atoms with Crippen LogP contribution in [0.4, 0.5) is 16.2 Å². The van der Waals surface area contributed by atoms with Crippen LogP contribution in [0.1, 0.15) is 16.1 Å². The summed E-state index contributed by atoms with van der Waals surface area (Å²) in [5.41, 5.74) is 2.28. The van der Waals surface area contributed by atoms with Crippen LogP contribution in [0.3, 0.4) is 0 Å². The van der Waals surface area contributed by atoms with Gasteiger partial charge in [0.25, 0.3) is 5.91 Å². The lowest BCUT2D eigenvalue weighted by atomic mass is 10.2. The highest BCUT2D eigenvalue weighted by molar-refractivity contribution is 6.34. The zero-order chi connectivity index (χ0) is 21.6. The molecule has 2 heterocycles. The molecule has 7 nitrogen and oxygen atoms in total. The third-order valence-corrected chi connectivity index (χ3v) is 5.43. The summed E-state index contributed by atoms with van der Waals surface area (Å²) in [5, 5.41) is 5.89. The number of amides is 3. The van der Waals surface area contributed by atoms with Gasteiger partial charge in [-0.3, -0.25) is 9.69 Å². The van der Waals surface area contributed by atoms with Crippen molar-refractivity contribution in [3.8, 4) is 0 Å². The topological polar surface area (TPSA) is 77.8 Å². The van der Waals surface area contributed by atoms with E-state index < -0.39 is 5.91 Å². The second-order valence-electron chi connectivity index (χ2n) is 7.30. The van der Waals surface area contributed by atoms with Crippen molar-refractivity contribution in [2.24, 2.45) is 0 Å². The van der Waals surface area contributed by atoms with Gasteiger partial charge in [-0.25, -0.2) is 4.79 Å². The molecule has 0 radical (unpaired) electrons. The van der Waals surface area contributed by atoms with Gasteiger partial charge in [0.05, 0.1) is 17.0 Å². The van der Waals surface area contributed by atoms with Crippen LogP contribution in [0.5, 0.6) is 0 Å². The van der Waals surface area contributed by atoms with Crippen molar-refractivity contribution in [2.75, 3.05) is 36.8 Å². The van der Waals surface area contributed by atoms with E-state index in [4.69, 9.17) is 16.0 Å². The Morgan fingerprint density at radius 3 is 2.39 bits per heavy atom. The number of furan rings is 1. The molecule has 0 spiro atoms. The average molecular weight is 439 g/mol. The molecular formula is C23H23ClN4O3. The van der Waals surface area contributed by atoms with Gasteiger partial charge in [0.15, 0.2) is 5.76 Å². The van der Waals surface area contributed by atoms with Gasteiger partial charge in [-0.15, -0.1) is 0 Å². The molecule has 1 aromatic heterocycles. The second kappa shape index (κ2) is 9.68. The number of rotatable bonds is 5. The summed E-state index contributed by atoms with van der Waals surface area (Å²) < 4.78 is 5.07. The summed E-state index contributed by atoms with van der Waals surface area (Å²) in [6.45, 7) is 3.84. The first-order valence-corrected chi connectivity index (χ1v) is 10.4. The normalized spacial score (nSPS) is 14.3. The van der Waals surface area contributed by atoms with Crippen LogP contribution < -0.4 is 10.6 Å². The Labute approximate surface area is 185 Å². The number of nitrogens with zero attached hydrogens (tertiary/aromatic N) is 2. The number of hydrogen-bond acceptors (Lipinski definition) is 4. The highest BCUT2D eigenvalue weighted by Gasteiger charge is 2.21. The van der Waals surface area contributed by atoms with Gasteiger partial charge in [-0.2, -0.15) is 0 Å². The molecule has 0 unspecified atom stereocenters. The standard InChI is InChI=1S/C23H23ClN4O3/c24-19-15-18(8-9-20(19)26-22(29)21-7-4-14-31-21)25-23(30)28-12-10-27(11-13-28)16-17-5-2-1-3-6-17/h1-9,14-15H,10-13,16H2,(H,25,30)(H,26,29). The van der Waals surface area contributed by atoms with Crippen molar-refractivity contribution in [3.63, 3.8) is 0 Å². The number of anilines is 2. The summed E-state index contributed by atoms with van der Waals surface area (Å²) in [6, 6.07) is 18.3. The molecule has 1 aliphatic heterocycles. The minimum Gasteiger partial charge on any atom is -0.459 e. The third-order valence-electron chi connectivity index (χ3n) is 5.12. The van der Waals surface area contributed by atoms with E-state index in [1.165, 1.54) is 11.8 Å². The van der Waals surface area contributed by atoms with Crippen LogP contribution in [0, 0.1) is 0 Å². The highest BCUT2D eigenvalue weighted by atomic mass is 35.5. The maximum Gasteiger partial charge on any atom is 0.321 e. The van der Waals surface area contributed by atoms with E-state index in [9.17, 15) is 9.59 Å². The maximum atomic E-state index is 12.6. The van der Waals surface area contributed by atoms with E-state index in [-0.39, 0.29) is 11.8 Å². The van der Waals surface area contributed by atoms with Crippen LogP contribution in [-0.2, 0) is 6.54 Å². The zero-order valence-electron chi connectivity index (χ0n) is 16.9. The lowest BCUT2D eigenvalue weighted by molar-refractivity contribution is 0.0996. The number of benzene rings is 2. The van der Waals surface area contributed by atoms with E-state index in [1.807, 2.05) is 18.2 Å². The number of hydrogen-bond donors (Lipinski definition) is 2. The van der Waals surface area contributed by atoms with Gasteiger partial charge in [0.2, 0.25) is 0 Å². The largest absolute Gasteiger partial charge is 0.459 e. The Morgan fingerprint density at radius 2 is 1.71 bits per heavy atom. The molecule has 0 bridgehead atoms. The number of piperazine rings is 1. The van der Waals surface area contributed by atoms with Gasteiger partial charge in [0, 0.05) is 38.4 Å². The molecule has 4 rings (SSSR count). The molecule has 31 heavy (non-hydrogen) atoms. The molecule has 2 aromatic carbocycles. The SMILES string of the molecule is O=C(Nc1ccc(NC(=O)N2CCN(Cc3ccccc3)CC2)cc1Cl)c1ccco1. The van der Waals surface area contributed by atoms with E-state index in [2.05, 4.69) is 27.7 Å². The molecule has 8 heteroatoms. The van der Waals surface area contributed by atoms with Crippen molar-refractivity contribution < 1.29 is 14.0 Å². The van der Waals surface area contributed by atoms with Crippen LogP contribution in [0.15, 0.2) is 71.3 Å². The number of halogens is 1. The van der Waals surface area contributed by atoms with E-state index in [1.54, 1.807) is 35.2 Å². The minimum atomic E-state index is -0.392. The third kappa shape index (κ3) is 5.45. The summed E-state index contributed by atoms with van der Waals surface area (Å²) in [7, 11) is 0. The van der Waals surface area contributed by atoms with Gasteiger partial charge >= 0.3 is 6.03 Å². The fourth-order valence-corrected chi connectivity index (χ4v) is 3.67. The van der Waals surface area contributed by atoms with Crippen molar-refractivity contribution in [1.29, 1.82) is 0 Å². The Morgan fingerprint density at radius 1 is 0.935 bits per heavy atom. The number of urea groups is 1. The van der Waals surface area contributed by atoms with Crippen LogP contribution >= 0.6 is 11.6 Å². The Bertz CT molecular complexity index is 1030. The second-order valence-corrected chi connectivity index (χ2v) is 7.71. The Hall–Kier alpha value is -3.29. The molecule has 0 saturated carbocycles. The number of carbonyl (C=O) groups is 2. The molecule has 160 valence electrons. The summed E-state index contributed by atoms with van der Waals surface area (Å²) in [4.78, 5) is 28.9. The molecule has 0 aliphatic carbocycles. The summed E-state index contributed by atoms with van der Waals surface area (Å²) in [5.74, 6) is -0.197. The first kappa shape index (κ1) is 21.0. The van der Waals surface area contributed by atoms with Gasteiger partial charge in [-0.1, -0.05) is 41.9 Å². The summed E-state index contributed by atoms with van der Waals surface area (Å²) >= 11 is 6.28. The van der Waals surface area contributed by atoms with Gasteiger partial charge < -0.3 is 20.0 Å². The number of nitrogens with one attached hydrogen (secondary N) is 2. The van der Waals surface area contributed by atoms with Crippen LogP contribution in [0.25, 0.3) is 0 Å². The lowest BCUT2D eigenvalue weighted by Crippen LogP contribution is -2.49. The maximum absolute atomic E-state index is 12.6. The van der Waals surface area contributed by atoms with E-state index in [0.717, 1.165) is 19.6 Å². The van der Waals surface area contributed by atoms with E-state index in [0.29, 0.717) is 29.5 Å². The molecule has 1 aliphatic rings. The quantitative estimate of drug-likeness (QED) is 0.613. The van der Waals surface area contributed by atoms with Gasteiger partial charge in [0.1, 0.15) is 0 Å². The first-order valence-electron chi connectivity index (χ1n) is 10.0. The van der Waals surface area contributed by atoms with E-state index >= 15 is 0 Å². The Kier molecular flexibility index (Phi) is 6.54. The molecule has 0 atom stereocenters. The van der Waals surface area contributed by atoms with Crippen molar-refractivity contribution >= 4 is 34.9 Å². The van der Waals surface area contributed by atoms with Crippen molar-refractivity contribution in [3.05, 3.63) is 83.3 Å². The van der Waals surface area contributed by atoms with Gasteiger partial charge in [-0.05, 0) is 35.9 Å². The highest BCUT2D eigenvalue weighted by Crippen LogP contribution is 2.26. The predicted molar refractivity (Wildman–Crippen MR) is 120 cm³/mol. The molecule has 1 saturated heterocycles.